The van der Waals surface area contributed by atoms with Gasteiger partial charge < -0.3 is 10.4 Å². The number of hydrogen-bond acceptors (Lipinski definition) is 2. The van der Waals surface area contributed by atoms with Crippen molar-refractivity contribution >= 4 is 5.91 Å². The average Bonchev–Trinajstić information content (AvgIpc) is 2.28. The quantitative estimate of drug-likeness (QED) is 0.861. The van der Waals surface area contributed by atoms with Crippen LogP contribution in [0.2, 0.25) is 0 Å². The highest BCUT2D eigenvalue weighted by molar-refractivity contribution is 5.77. The van der Waals surface area contributed by atoms with Gasteiger partial charge in [0.25, 0.3) is 0 Å². The van der Waals surface area contributed by atoms with Gasteiger partial charge in [-0.15, -0.1) is 0 Å². The Morgan fingerprint density at radius 3 is 2.32 bits per heavy atom. The van der Waals surface area contributed by atoms with E-state index in [1.54, 1.807) is 12.1 Å². The van der Waals surface area contributed by atoms with Gasteiger partial charge in [0.2, 0.25) is 5.91 Å². The molecule has 0 saturated carbocycles. The summed E-state index contributed by atoms with van der Waals surface area (Å²) in [6.07, 6.45) is -0.577. The number of benzene rings is 1. The van der Waals surface area contributed by atoms with Gasteiger partial charge in [-0.05, 0) is 37.5 Å². The van der Waals surface area contributed by atoms with Gasteiger partial charge in [-0.1, -0.05) is 26.0 Å². The summed E-state index contributed by atoms with van der Waals surface area (Å²) in [4.78, 5) is 11.9. The highest BCUT2D eigenvalue weighted by Gasteiger charge is 2.24. The van der Waals surface area contributed by atoms with Crippen LogP contribution in [-0.4, -0.2) is 17.1 Å². The van der Waals surface area contributed by atoms with Gasteiger partial charge in [-0.25, -0.2) is 4.39 Å². The van der Waals surface area contributed by atoms with Crippen molar-refractivity contribution in [2.75, 3.05) is 0 Å². The molecule has 3 nitrogen and oxygen atoms in total. The molecular weight excluding hydrogens is 245 g/mol. The van der Waals surface area contributed by atoms with Crippen molar-refractivity contribution in [2.45, 2.75) is 45.8 Å². The number of carbonyl (C=O) groups excluding carboxylic acids is 1. The monoisotopic (exact) mass is 267 g/mol. The van der Waals surface area contributed by atoms with Crippen LogP contribution in [-0.2, 0) is 10.3 Å². The molecule has 19 heavy (non-hydrogen) atoms. The molecule has 0 radical (unpaired) electrons. The third-order valence-corrected chi connectivity index (χ3v) is 3.18. The summed E-state index contributed by atoms with van der Waals surface area (Å²) in [6, 6.07) is 6.03. The van der Waals surface area contributed by atoms with E-state index in [0.717, 1.165) is 5.56 Å². The fraction of sp³-hybridized carbons (Fsp3) is 0.533. The molecule has 0 aliphatic heterocycles. The molecule has 0 saturated heterocycles. The number of carbonyl (C=O) groups is 1. The number of amides is 1. The van der Waals surface area contributed by atoms with Crippen LogP contribution in [0.25, 0.3) is 0 Å². The zero-order valence-electron chi connectivity index (χ0n) is 11.9. The van der Waals surface area contributed by atoms with Gasteiger partial charge in [-0.2, -0.15) is 0 Å². The molecule has 1 amide bonds. The zero-order chi connectivity index (χ0) is 14.6. The van der Waals surface area contributed by atoms with Crippen molar-refractivity contribution in [3.8, 4) is 0 Å². The van der Waals surface area contributed by atoms with Gasteiger partial charge in [0.15, 0.2) is 0 Å². The Bertz CT molecular complexity index is 426. The van der Waals surface area contributed by atoms with Crippen LogP contribution in [0.15, 0.2) is 24.3 Å². The number of nitrogens with one attached hydrogen (secondary N) is 1. The molecule has 0 spiro atoms. The van der Waals surface area contributed by atoms with Gasteiger partial charge in [-0.3, -0.25) is 4.79 Å². The predicted octanol–water partition coefficient (Wildman–Crippen LogP) is 2.58. The minimum absolute atomic E-state index is 0.0414. The van der Waals surface area contributed by atoms with E-state index in [0.29, 0.717) is 0 Å². The predicted molar refractivity (Wildman–Crippen MR) is 73.0 cm³/mol. The molecule has 0 heterocycles. The standard InChI is InChI=1S/C15H22FNO2/c1-10(2)13(18)9-14(19)17-15(3,4)11-5-7-12(16)8-6-11/h5-8,10,13,18H,9H2,1-4H3,(H,17,19). The van der Waals surface area contributed by atoms with Crippen molar-refractivity contribution in [3.05, 3.63) is 35.6 Å². The van der Waals surface area contributed by atoms with Crippen LogP contribution in [0.1, 0.15) is 39.7 Å². The molecule has 4 heteroatoms. The van der Waals surface area contributed by atoms with Gasteiger partial charge in [0.05, 0.1) is 18.1 Å². The third kappa shape index (κ3) is 4.63. The number of aliphatic hydroxyl groups excluding tert-OH is 1. The normalized spacial score (nSPS) is 13.4. The van der Waals surface area contributed by atoms with E-state index in [4.69, 9.17) is 0 Å². The fourth-order valence-electron chi connectivity index (χ4n) is 1.76. The SMILES string of the molecule is CC(C)C(O)CC(=O)NC(C)(C)c1ccc(F)cc1. The highest BCUT2D eigenvalue weighted by atomic mass is 19.1. The molecule has 0 fully saturated rings. The average molecular weight is 267 g/mol. The largest absolute Gasteiger partial charge is 0.392 e. The Morgan fingerprint density at radius 2 is 1.84 bits per heavy atom. The Morgan fingerprint density at radius 1 is 1.32 bits per heavy atom. The van der Waals surface area contributed by atoms with Crippen LogP contribution in [0.4, 0.5) is 4.39 Å². The van der Waals surface area contributed by atoms with Crippen molar-refractivity contribution in [1.29, 1.82) is 0 Å². The van der Waals surface area contributed by atoms with Crippen LogP contribution in [0.3, 0.4) is 0 Å². The van der Waals surface area contributed by atoms with Crippen molar-refractivity contribution < 1.29 is 14.3 Å². The maximum Gasteiger partial charge on any atom is 0.223 e. The smallest absolute Gasteiger partial charge is 0.223 e. The molecule has 1 atom stereocenters. The molecule has 2 N–H and O–H groups in total. The van der Waals surface area contributed by atoms with Gasteiger partial charge in [0.1, 0.15) is 5.82 Å². The highest BCUT2D eigenvalue weighted by Crippen LogP contribution is 2.20. The summed E-state index contributed by atoms with van der Waals surface area (Å²) in [5.74, 6) is -0.476. The number of aliphatic hydroxyl groups is 1. The molecule has 106 valence electrons. The van der Waals surface area contributed by atoms with Gasteiger partial charge >= 0.3 is 0 Å². The summed E-state index contributed by atoms with van der Waals surface area (Å²) < 4.78 is 12.9. The summed E-state index contributed by atoms with van der Waals surface area (Å²) in [6.45, 7) is 7.42. The van der Waals surface area contributed by atoms with E-state index >= 15 is 0 Å². The lowest BCUT2D eigenvalue weighted by molar-refractivity contribution is -0.125. The molecule has 0 aliphatic rings. The van der Waals surface area contributed by atoms with Gasteiger partial charge in [0, 0.05) is 0 Å². The van der Waals surface area contributed by atoms with Crippen molar-refractivity contribution in [1.82, 2.24) is 5.32 Å². The van der Waals surface area contributed by atoms with E-state index in [-0.39, 0.29) is 24.1 Å². The summed E-state index contributed by atoms with van der Waals surface area (Å²) in [5, 5.41) is 12.5. The van der Waals surface area contributed by atoms with Crippen LogP contribution >= 0.6 is 0 Å². The Balaban J connectivity index is 2.68. The maximum absolute atomic E-state index is 12.9. The number of hydrogen-bond donors (Lipinski definition) is 2. The van der Waals surface area contributed by atoms with E-state index < -0.39 is 11.6 Å². The second-order valence-corrected chi connectivity index (χ2v) is 5.70. The number of halogens is 1. The third-order valence-electron chi connectivity index (χ3n) is 3.18. The number of rotatable bonds is 5. The minimum Gasteiger partial charge on any atom is -0.392 e. The minimum atomic E-state index is -0.649. The fourth-order valence-corrected chi connectivity index (χ4v) is 1.76. The van der Waals surface area contributed by atoms with Crippen molar-refractivity contribution in [3.63, 3.8) is 0 Å². The second-order valence-electron chi connectivity index (χ2n) is 5.70. The van der Waals surface area contributed by atoms with E-state index in [2.05, 4.69) is 5.32 Å². The van der Waals surface area contributed by atoms with Crippen LogP contribution < -0.4 is 5.32 Å². The molecular formula is C15H22FNO2. The molecule has 1 unspecified atom stereocenters. The second kappa shape index (κ2) is 6.15. The molecule has 0 aromatic heterocycles. The van der Waals surface area contributed by atoms with Crippen LogP contribution in [0.5, 0.6) is 0 Å². The van der Waals surface area contributed by atoms with Crippen LogP contribution in [0, 0.1) is 11.7 Å². The van der Waals surface area contributed by atoms with E-state index in [9.17, 15) is 14.3 Å². The van der Waals surface area contributed by atoms with Crippen molar-refractivity contribution in [2.24, 2.45) is 5.92 Å². The van der Waals surface area contributed by atoms with E-state index in [1.165, 1.54) is 12.1 Å². The first kappa shape index (κ1) is 15.6. The topological polar surface area (TPSA) is 49.3 Å². The Kier molecular flexibility index (Phi) is 5.06. The molecule has 1 rings (SSSR count). The first-order valence-electron chi connectivity index (χ1n) is 6.47. The lowest BCUT2D eigenvalue weighted by Crippen LogP contribution is -2.42. The van der Waals surface area contributed by atoms with E-state index in [1.807, 2.05) is 27.7 Å². The summed E-state index contributed by atoms with van der Waals surface area (Å²) in [5.41, 5.74) is 0.225. The first-order valence-corrected chi connectivity index (χ1v) is 6.47. The zero-order valence-corrected chi connectivity index (χ0v) is 11.9. The first-order chi connectivity index (χ1) is 8.72. The Hall–Kier alpha value is -1.42. The summed E-state index contributed by atoms with van der Waals surface area (Å²) >= 11 is 0. The molecule has 1 aromatic carbocycles. The lowest BCUT2D eigenvalue weighted by atomic mass is 9.93. The molecule has 0 aliphatic carbocycles. The lowest BCUT2D eigenvalue weighted by Gasteiger charge is -2.28. The molecule has 0 bridgehead atoms. The molecule has 1 aromatic rings. The summed E-state index contributed by atoms with van der Waals surface area (Å²) in [7, 11) is 0. The maximum atomic E-state index is 12.9. The Labute approximate surface area is 113 Å².